The van der Waals surface area contributed by atoms with Crippen LogP contribution in [-0.2, 0) is 0 Å². The summed E-state index contributed by atoms with van der Waals surface area (Å²) in [5, 5.41) is 3.43. The Morgan fingerprint density at radius 3 is 3.13 bits per heavy atom. The third-order valence-corrected chi connectivity index (χ3v) is 2.89. The average Bonchev–Trinajstić information content (AvgIpc) is 2.91. The van der Waals surface area contributed by atoms with Crippen LogP contribution >= 0.6 is 0 Å². The number of nitrogen functional groups attached to an aromatic ring is 1. The molecule has 1 heterocycles. The molecule has 4 heteroatoms. The first-order chi connectivity index (χ1) is 7.20. The van der Waals surface area contributed by atoms with E-state index in [2.05, 4.69) is 22.2 Å². The van der Waals surface area contributed by atoms with Crippen molar-refractivity contribution in [3.05, 3.63) is 11.8 Å². The number of hydrogen-bond donors (Lipinski definition) is 2. The lowest BCUT2D eigenvalue weighted by molar-refractivity contribution is 0.692. The van der Waals surface area contributed by atoms with E-state index in [1.807, 2.05) is 6.92 Å². The highest BCUT2D eigenvalue weighted by atomic mass is 15.1. The Hall–Kier alpha value is -1.32. The molecule has 82 valence electrons. The number of nitrogens with zero attached hydrogens (tertiary/aromatic N) is 2. The van der Waals surface area contributed by atoms with Crippen molar-refractivity contribution in [1.29, 1.82) is 0 Å². The van der Waals surface area contributed by atoms with E-state index >= 15 is 0 Å². The zero-order valence-electron chi connectivity index (χ0n) is 9.33. The summed E-state index contributed by atoms with van der Waals surface area (Å²) in [5.41, 5.74) is 6.62. The summed E-state index contributed by atoms with van der Waals surface area (Å²) in [6.45, 7) is 4.22. The van der Waals surface area contributed by atoms with Crippen LogP contribution in [0.2, 0.25) is 0 Å². The molecular weight excluding hydrogens is 188 g/mol. The van der Waals surface area contributed by atoms with Crippen molar-refractivity contribution >= 4 is 11.8 Å². The molecule has 1 saturated carbocycles. The normalized spacial score (nSPS) is 23.9. The van der Waals surface area contributed by atoms with Crippen LogP contribution in [-0.4, -0.2) is 16.0 Å². The van der Waals surface area contributed by atoms with Gasteiger partial charge in [0.25, 0.3) is 0 Å². The highest BCUT2D eigenvalue weighted by Crippen LogP contribution is 2.37. The molecule has 0 spiro atoms. The van der Waals surface area contributed by atoms with Crippen LogP contribution in [0.3, 0.4) is 0 Å². The second kappa shape index (κ2) is 4.04. The Balaban J connectivity index is 1.97. The smallest absolute Gasteiger partial charge is 0.221 e. The number of anilines is 2. The summed E-state index contributed by atoms with van der Waals surface area (Å²) in [7, 11) is 0. The molecule has 1 fully saturated rings. The Morgan fingerprint density at radius 1 is 1.60 bits per heavy atom. The molecule has 15 heavy (non-hydrogen) atoms. The predicted molar refractivity (Wildman–Crippen MR) is 61.6 cm³/mol. The second-order valence-corrected chi connectivity index (χ2v) is 4.30. The summed E-state index contributed by atoms with van der Waals surface area (Å²) >= 11 is 0. The molecule has 4 nitrogen and oxygen atoms in total. The number of nitrogens with two attached hydrogens (primary N) is 1. The molecule has 0 aliphatic heterocycles. The van der Waals surface area contributed by atoms with Gasteiger partial charge in [0.15, 0.2) is 0 Å². The topological polar surface area (TPSA) is 63.8 Å². The summed E-state index contributed by atoms with van der Waals surface area (Å²) in [5.74, 6) is 2.06. The van der Waals surface area contributed by atoms with Crippen molar-refractivity contribution < 1.29 is 0 Å². The zero-order chi connectivity index (χ0) is 10.8. The first kappa shape index (κ1) is 10.2. The SMILES string of the molecule is CCCC1CC1Nc1nc(N)ncc1C. The average molecular weight is 206 g/mol. The highest BCUT2D eigenvalue weighted by molar-refractivity contribution is 5.47. The molecule has 1 aliphatic carbocycles. The lowest BCUT2D eigenvalue weighted by atomic mass is 10.2. The maximum absolute atomic E-state index is 5.55. The summed E-state index contributed by atoms with van der Waals surface area (Å²) < 4.78 is 0. The van der Waals surface area contributed by atoms with Gasteiger partial charge in [0, 0.05) is 17.8 Å². The van der Waals surface area contributed by atoms with Gasteiger partial charge >= 0.3 is 0 Å². The van der Waals surface area contributed by atoms with E-state index in [1.54, 1.807) is 6.20 Å². The maximum atomic E-state index is 5.55. The van der Waals surface area contributed by atoms with Crippen LogP contribution in [0.25, 0.3) is 0 Å². The molecular formula is C11H18N4. The lowest BCUT2D eigenvalue weighted by Crippen LogP contribution is -2.09. The second-order valence-electron chi connectivity index (χ2n) is 4.30. The van der Waals surface area contributed by atoms with Crippen molar-refractivity contribution in [1.82, 2.24) is 9.97 Å². The van der Waals surface area contributed by atoms with Crippen molar-refractivity contribution in [3.63, 3.8) is 0 Å². The molecule has 0 radical (unpaired) electrons. The largest absolute Gasteiger partial charge is 0.368 e. The highest BCUT2D eigenvalue weighted by Gasteiger charge is 2.36. The Morgan fingerprint density at radius 2 is 2.40 bits per heavy atom. The van der Waals surface area contributed by atoms with E-state index in [4.69, 9.17) is 5.73 Å². The van der Waals surface area contributed by atoms with E-state index in [1.165, 1.54) is 19.3 Å². The minimum absolute atomic E-state index is 0.343. The number of hydrogen-bond acceptors (Lipinski definition) is 4. The molecule has 3 N–H and O–H groups in total. The van der Waals surface area contributed by atoms with Gasteiger partial charge in [-0.2, -0.15) is 4.98 Å². The van der Waals surface area contributed by atoms with Gasteiger partial charge in [-0.05, 0) is 25.7 Å². The van der Waals surface area contributed by atoms with Gasteiger partial charge in [-0.15, -0.1) is 0 Å². The van der Waals surface area contributed by atoms with Crippen LogP contribution in [0.1, 0.15) is 31.7 Å². The Labute approximate surface area is 90.3 Å². The van der Waals surface area contributed by atoms with E-state index < -0.39 is 0 Å². The molecule has 1 aromatic rings. The van der Waals surface area contributed by atoms with Gasteiger partial charge < -0.3 is 11.1 Å². The first-order valence-electron chi connectivity index (χ1n) is 5.56. The van der Waals surface area contributed by atoms with Crippen LogP contribution in [0.4, 0.5) is 11.8 Å². The zero-order valence-corrected chi connectivity index (χ0v) is 9.33. The van der Waals surface area contributed by atoms with Crippen LogP contribution in [0, 0.1) is 12.8 Å². The van der Waals surface area contributed by atoms with Crippen molar-refractivity contribution in [3.8, 4) is 0 Å². The number of nitrogens with one attached hydrogen (secondary N) is 1. The minimum atomic E-state index is 0.343. The molecule has 1 aromatic heterocycles. The molecule has 2 atom stereocenters. The van der Waals surface area contributed by atoms with E-state index in [-0.39, 0.29) is 0 Å². The molecule has 2 unspecified atom stereocenters. The number of rotatable bonds is 4. The molecule has 1 aliphatic rings. The van der Waals surface area contributed by atoms with Gasteiger partial charge in [0.05, 0.1) is 0 Å². The van der Waals surface area contributed by atoms with E-state index in [0.29, 0.717) is 12.0 Å². The first-order valence-corrected chi connectivity index (χ1v) is 5.56. The minimum Gasteiger partial charge on any atom is -0.368 e. The molecule has 0 amide bonds. The molecule has 0 saturated heterocycles. The van der Waals surface area contributed by atoms with Gasteiger partial charge in [-0.1, -0.05) is 13.3 Å². The molecule has 2 rings (SSSR count). The summed E-state index contributed by atoms with van der Waals surface area (Å²) in [4.78, 5) is 8.15. The third kappa shape index (κ3) is 2.37. The van der Waals surface area contributed by atoms with Crippen LogP contribution in [0.5, 0.6) is 0 Å². The van der Waals surface area contributed by atoms with Crippen molar-refractivity contribution in [2.75, 3.05) is 11.1 Å². The fraction of sp³-hybridized carbons (Fsp3) is 0.636. The van der Waals surface area contributed by atoms with E-state index in [9.17, 15) is 0 Å². The van der Waals surface area contributed by atoms with Gasteiger partial charge in [0.1, 0.15) is 5.82 Å². The fourth-order valence-electron chi connectivity index (χ4n) is 1.89. The van der Waals surface area contributed by atoms with Crippen molar-refractivity contribution in [2.45, 2.75) is 39.2 Å². The Kier molecular flexibility index (Phi) is 2.75. The Bertz CT molecular complexity index is 350. The lowest BCUT2D eigenvalue weighted by Gasteiger charge is -2.07. The van der Waals surface area contributed by atoms with Gasteiger partial charge in [-0.25, -0.2) is 4.98 Å². The predicted octanol–water partition coefficient (Wildman–Crippen LogP) is 1.97. The molecule has 0 bridgehead atoms. The maximum Gasteiger partial charge on any atom is 0.221 e. The fourth-order valence-corrected chi connectivity index (χ4v) is 1.89. The number of aromatic nitrogens is 2. The van der Waals surface area contributed by atoms with Crippen molar-refractivity contribution in [2.24, 2.45) is 5.92 Å². The summed E-state index contributed by atoms with van der Waals surface area (Å²) in [6.07, 6.45) is 5.59. The van der Waals surface area contributed by atoms with Crippen LogP contribution in [0.15, 0.2) is 6.20 Å². The van der Waals surface area contributed by atoms with Crippen LogP contribution < -0.4 is 11.1 Å². The van der Waals surface area contributed by atoms with Gasteiger partial charge in [-0.3, -0.25) is 0 Å². The number of aryl methyl sites for hydroxylation is 1. The monoisotopic (exact) mass is 206 g/mol. The molecule has 0 aromatic carbocycles. The third-order valence-electron chi connectivity index (χ3n) is 2.89. The standard InChI is InChI=1S/C11H18N4/c1-3-4-8-5-9(8)14-10-7(2)6-13-11(12)15-10/h6,8-9H,3-5H2,1-2H3,(H3,12,13,14,15). The summed E-state index contributed by atoms with van der Waals surface area (Å²) in [6, 6.07) is 0.595. The quantitative estimate of drug-likeness (QED) is 0.790. The van der Waals surface area contributed by atoms with E-state index in [0.717, 1.165) is 17.3 Å². The van der Waals surface area contributed by atoms with Gasteiger partial charge in [0.2, 0.25) is 5.95 Å².